The van der Waals surface area contributed by atoms with E-state index in [1.165, 1.54) is 0 Å². The molecule has 0 saturated heterocycles. The SMILES string of the molecule is COc1ccc(C(C)(C)c2ccc(C=O)c(O)c2)cc1. The highest BCUT2D eigenvalue weighted by Gasteiger charge is 2.24. The maximum atomic E-state index is 10.8. The fourth-order valence-electron chi connectivity index (χ4n) is 2.21. The Labute approximate surface area is 118 Å². The molecule has 2 rings (SSSR count). The molecule has 3 nitrogen and oxygen atoms in total. The van der Waals surface area contributed by atoms with Crippen molar-refractivity contribution in [2.45, 2.75) is 19.3 Å². The number of benzene rings is 2. The topological polar surface area (TPSA) is 46.5 Å². The fourth-order valence-corrected chi connectivity index (χ4v) is 2.21. The van der Waals surface area contributed by atoms with Crippen LogP contribution in [0.25, 0.3) is 0 Å². The Hall–Kier alpha value is -2.29. The van der Waals surface area contributed by atoms with Crippen molar-refractivity contribution in [3.63, 3.8) is 0 Å². The molecule has 0 amide bonds. The van der Waals surface area contributed by atoms with Gasteiger partial charge in [-0.15, -0.1) is 0 Å². The third kappa shape index (κ3) is 2.52. The lowest BCUT2D eigenvalue weighted by atomic mass is 9.78. The number of phenolic OH excluding ortho intramolecular Hbond substituents is 1. The van der Waals surface area contributed by atoms with Gasteiger partial charge in [-0.2, -0.15) is 0 Å². The number of carbonyl (C=O) groups excluding carboxylic acids is 1. The second-order valence-electron chi connectivity index (χ2n) is 5.24. The standard InChI is InChI=1S/C17H18O3/c1-17(2,13-6-8-15(20-3)9-7-13)14-5-4-12(11-18)16(19)10-14/h4-11,19H,1-3H3. The minimum Gasteiger partial charge on any atom is -0.507 e. The first-order valence-electron chi connectivity index (χ1n) is 6.42. The van der Waals surface area contributed by atoms with Crippen molar-refractivity contribution in [3.05, 3.63) is 59.2 Å². The number of carbonyl (C=O) groups is 1. The van der Waals surface area contributed by atoms with Crippen LogP contribution in [0.5, 0.6) is 11.5 Å². The highest BCUT2D eigenvalue weighted by atomic mass is 16.5. The zero-order chi connectivity index (χ0) is 14.8. The average Bonchev–Trinajstić information content (AvgIpc) is 2.47. The van der Waals surface area contributed by atoms with E-state index in [0.717, 1.165) is 16.9 Å². The molecule has 20 heavy (non-hydrogen) atoms. The molecule has 1 N–H and O–H groups in total. The molecule has 3 heteroatoms. The van der Waals surface area contributed by atoms with Crippen LogP contribution in [0.2, 0.25) is 0 Å². The molecule has 104 valence electrons. The zero-order valence-corrected chi connectivity index (χ0v) is 11.9. The van der Waals surface area contributed by atoms with Crippen LogP contribution in [0.1, 0.15) is 35.3 Å². The Kier molecular flexibility index (Phi) is 3.79. The summed E-state index contributed by atoms with van der Waals surface area (Å²) in [6.07, 6.45) is 0.652. The summed E-state index contributed by atoms with van der Waals surface area (Å²) in [5, 5.41) is 9.83. The van der Waals surface area contributed by atoms with Crippen LogP contribution in [0.15, 0.2) is 42.5 Å². The van der Waals surface area contributed by atoms with Crippen molar-refractivity contribution in [3.8, 4) is 11.5 Å². The zero-order valence-electron chi connectivity index (χ0n) is 11.9. The van der Waals surface area contributed by atoms with Crippen LogP contribution >= 0.6 is 0 Å². The summed E-state index contributed by atoms with van der Waals surface area (Å²) in [4.78, 5) is 10.8. The molecule has 0 atom stereocenters. The molecular formula is C17H18O3. The van der Waals surface area contributed by atoms with E-state index in [1.54, 1.807) is 19.2 Å². The first-order chi connectivity index (χ1) is 9.48. The number of aldehydes is 1. The van der Waals surface area contributed by atoms with E-state index >= 15 is 0 Å². The van der Waals surface area contributed by atoms with Crippen molar-refractivity contribution in [1.82, 2.24) is 0 Å². The highest BCUT2D eigenvalue weighted by molar-refractivity contribution is 5.79. The average molecular weight is 270 g/mol. The van der Waals surface area contributed by atoms with Crippen LogP contribution < -0.4 is 4.74 Å². The minimum absolute atomic E-state index is 0.0130. The van der Waals surface area contributed by atoms with E-state index in [4.69, 9.17) is 4.74 Å². The van der Waals surface area contributed by atoms with Crippen LogP contribution in [0.4, 0.5) is 0 Å². The molecule has 0 fully saturated rings. The summed E-state index contributed by atoms with van der Waals surface area (Å²) in [6.45, 7) is 4.15. The number of hydrogen-bond acceptors (Lipinski definition) is 3. The van der Waals surface area contributed by atoms with Crippen LogP contribution in [0, 0.1) is 0 Å². The summed E-state index contributed by atoms with van der Waals surface area (Å²) in [7, 11) is 1.64. The summed E-state index contributed by atoms with van der Waals surface area (Å²) >= 11 is 0. The van der Waals surface area contributed by atoms with E-state index in [-0.39, 0.29) is 11.2 Å². The first kappa shape index (κ1) is 14.1. The fraction of sp³-hybridized carbons (Fsp3) is 0.235. The van der Waals surface area contributed by atoms with Crippen LogP contribution in [-0.4, -0.2) is 18.5 Å². The van der Waals surface area contributed by atoms with Gasteiger partial charge < -0.3 is 9.84 Å². The quantitative estimate of drug-likeness (QED) is 0.864. The molecular weight excluding hydrogens is 252 g/mol. The number of ether oxygens (including phenoxy) is 1. The number of aromatic hydroxyl groups is 1. The maximum Gasteiger partial charge on any atom is 0.153 e. The molecule has 0 aliphatic carbocycles. The minimum atomic E-state index is -0.273. The van der Waals surface area contributed by atoms with E-state index in [1.807, 2.05) is 30.3 Å². The molecule has 2 aromatic carbocycles. The van der Waals surface area contributed by atoms with Gasteiger partial charge in [0.2, 0.25) is 0 Å². The number of rotatable bonds is 4. The van der Waals surface area contributed by atoms with Gasteiger partial charge in [-0.3, -0.25) is 4.79 Å². The van der Waals surface area contributed by atoms with Gasteiger partial charge in [-0.1, -0.05) is 32.0 Å². The van der Waals surface area contributed by atoms with Gasteiger partial charge >= 0.3 is 0 Å². The molecule has 0 spiro atoms. The van der Waals surface area contributed by atoms with Crippen molar-refractivity contribution < 1.29 is 14.6 Å². The normalized spacial score (nSPS) is 11.2. The molecule has 0 unspecified atom stereocenters. The predicted octanol–water partition coefficient (Wildman–Crippen LogP) is 3.54. The Balaban J connectivity index is 2.42. The van der Waals surface area contributed by atoms with Gasteiger partial charge in [-0.25, -0.2) is 0 Å². The van der Waals surface area contributed by atoms with Gasteiger partial charge in [0.05, 0.1) is 12.7 Å². The number of hydrogen-bond donors (Lipinski definition) is 1. The third-order valence-corrected chi connectivity index (χ3v) is 3.69. The van der Waals surface area contributed by atoms with Gasteiger partial charge in [0.25, 0.3) is 0 Å². The molecule has 0 aliphatic heterocycles. The predicted molar refractivity (Wildman–Crippen MR) is 78.6 cm³/mol. The highest BCUT2D eigenvalue weighted by Crippen LogP contribution is 2.34. The van der Waals surface area contributed by atoms with Crippen molar-refractivity contribution in [2.75, 3.05) is 7.11 Å². The summed E-state index contributed by atoms with van der Waals surface area (Å²) in [5.41, 5.74) is 2.09. The second-order valence-corrected chi connectivity index (χ2v) is 5.24. The molecule has 0 saturated carbocycles. The van der Waals surface area contributed by atoms with Gasteiger partial charge in [0.15, 0.2) is 6.29 Å². The van der Waals surface area contributed by atoms with Crippen molar-refractivity contribution in [1.29, 1.82) is 0 Å². The lowest BCUT2D eigenvalue weighted by Gasteiger charge is -2.26. The molecule has 0 heterocycles. The Morgan fingerprint density at radius 1 is 1.05 bits per heavy atom. The molecule has 0 bridgehead atoms. The third-order valence-electron chi connectivity index (χ3n) is 3.69. The molecule has 0 radical (unpaired) electrons. The maximum absolute atomic E-state index is 10.8. The van der Waals surface area contributed by atoms with Gasteiger partial charge in [0, 0.05) is 5.41 Å². The first-order valence-corrected chi connectivity index (χ1v) is 6.42. The monoisotopic (exact) mass is 270 g/mol. The van der Waals surface area contributed by atoms with Crippen LogP contribution in [0.3, 0.4) is 0 Å². The summed E-state index contributed by atoms with van der Waals surface area (Å²) in [6, 6.07) is 13.0. The lowest BCUT2D eigenvalue weighted by molar-refractivity contribution is 0.112. The number of phenols is 1. The van der Waals surface area contributed by atoms with Gasteiger partial charge in [0.1, 0.15) is 11.5 Å². The Morgan fingerprint density at radius 2 is 1.65 bits per heavy atom. The van der Waals surface area contributed by atoms with E-state index in [9.17, 15) is 9.90 Å². The smallest absolute Gasteiger partial charge is 0.153 e. The second kappa shape index (κ2) is 5.37. The van der Waals surface area contributed by atoms with Gasteiger partial charge in [-0.05, 0) is 35.4 Å². The summed E-state index contributed by atoms with van der Waals surface area (Å²) in [5.74, 6) is 0.822. The van der Waals surface area contributed by atoms with E-state index in [0.29, 0.717) is 11.8 Å². The molecule has 2 aromatic rings. The molecule has 0 aromatic heterocycles. The van der Waals surface area contributed by atoms with Crippen molar-refractivity contribution >= 4 is 6.29 Å². The van der Waals surface area contributed by atoms with Crippen LogP contribution in [-0.2, 0) is 5.41 Å². The largest absolute Gasteiger partial charge is 0.507 e. The Morgan fingerprint density at radius 3 is 2.15 bits per heavy atom. The Bertz CT molecular complexity index is 613. The summed E-state index contributed by atoms with van der Waals surface area (Å²) < 4.78 is 5.16. The molecule has 0 aliphatic rings. The van der Waals surface area contributed by atoms with E-state index < -0.39 is 0 Å². The number of methoxy groups -OCH3 is 1. The van der Waals surface area contributed by atoms with Crippen molar-refractivity contribution in [2.24, 2.45) is 0 Å². The lowest BCUT2D eigenvalue weighted by Crippen LogP contribution is -2.18. The van der Waals surface area contributed by atoms with E-state index in [2.05, 4.69) is 13.8 Å².